The Hall–Kier alpha value is -2.01. The third kappa shape index (κ3) is 3.06. The first-order valence-electron chi connectivity index (χ1n) is 6.25. The number of anilines is 1. The molecule has 1 aromatic heterocycles. The van der Waals surface area contributed by atoms with E-state index in [1.54, 1.807) is 25.4 Å². The van der Waals surface area contributed by atoms with Crippen LogP contribution in [0.3, 0.4) is 0 Å². The number of nitrogens with one attached hydrogen (secondary N) is 2. The van der Waals surface area contributed by atoms with Gasteiger partial charge in [-0.15, -0.1) is 0 Å². The first-order valence-corrected chi connectivity index (χ1v) is 6.25. The van der Waals surface area contributed by atoms with Gasteiger partial charge in [0, 0.05) is 36.4 Å². The minimum atomic E-state index is -0.0974. The molecular weight excluding hydrogens is 242 g/mol. The van der Waals surface area contributed by atoms with E-state index in [1.165, 1.54) is 0 Å². The van der Waals surface area contributed by atoms with Gasteiger partial charge in [0.15, 0.2) is 0 Å². The minimum absolute atomic E-state index is 0.0974. The first-order chi connectivity index (χ1) is 9.11. The second-order valence-corrected chi connectivity index (χ2v) is 4.78. The number of methoxy groups -OCH3 is 1. The van der Waals surface area contributed by atoms with Crippen molar-refractivity contribution in [2.45, 2.75) is 6.92 Å². The monoisotopic (exact) mass is 261 g/mol. The van der Waals surface area contributed by atoms with E-state index in [4.69, 9.17) is 10.5 Å². The zero-order valence-corrected chi connectivity index (χ0v) is 11.2. The predicted molar refractivity (Wildman–Crippen MR) is 76.1 cm³/mol. The number of H-pyrrole nitrogens is 1. The quantitative estimate of drug-likeness (QED) is 0.717. The van der Waals surface area contributed by atoms with E-state index in [9.17, 15) is 4.79 Å². The highest BCUT2D eigenvalue weighted by atomic mass is 16.5. The highest BCUT2D eigenvalue weighted by molar-refractivity contribution is 6.07. The van der Waals surface area contributed by atoms with E-state index in [0.717, 1.165) is 10.9 Å². The summed E-state index contributed by atoms with van der Waals surface area (Å²) in [5, 5.41) is 3.75. The fraction of sp³-hybridized carbons (Fsp3) is 0.357. The molecule has 1 heterocycles. The molecule has 0 aliphatic carbocycles. The Morgan fingerprint density at radius 2 is 2.32 bits per heavy atom. The van der Waals surface area contributed by atoms with E-state index in [-0.39, 0.29) is 11.8 Å². The molecule has 1 amide bonds. The summed E-state index contributed by atoms with van der Waals surface area (Å²) in [5.74, 6) is 0.184. The molecule has 0 saturated heterocycles. The predicted octanol–water partition coefficient (Wildman–Crippen LogP) is 1.76. The number of fused-ring (bicyclic) bond motifs is 1. The summed E-state index contributed by atoms with van der Waals surface area (Å²) in [5.41, 5.74) is 7.92. The number of aromatic nitrogens is 1. The van der Waals surface area contributed by atoms with Crippen LogP contribution in [-0.2, 0) is 4.74 Å². The third-order valence-electron chi connectivity index (χ3n) is 3.01. The Kier molecular flexibility index (Phi) is 4.06. The number of aromatic amines is 1. The summed E-state index contributed by atoms with van der Waals surface area (Å²) < 4.78 is 5.04. The van der Waals surface area contributed by atoms with Crippen LogP contribution in [0.4, 0.5) is 5.69 Å². The molecule has 0 spiro atoms. The molecule has 2 aromatic rings. The van der Waals surface area contributed by atoms with Crippen LogP contribution in [0.1, 0.15) is 17.3 Å². The summed E-state index contributed by atoms with van der Waals surface area (Å²) in [6.45, 7) is 3.24. The number of benzene rings is 1. The van der Waals surface area contributed by atoms with Crippen LogP contribution in [-0.4, -0.2) is 31.2 Å². The van der Waals surface area contributed by atoms with Crippen molar-refractivity contribution in [3.05, 3.63) is 30.0 Å². The number of carbonyl (C=O) groups is 1. The van der Waals surface area contributed by atoms with Crippen LogP contribution in [0.25, 0.3) is 10.9 Å². The van der Waals surface area contributed by atoms with Crippen molar-refractivity contribution in [1.82, 2.24) is 10.3 Å². The molecule has 0 bridgehead atoms. The van der Waals surface area contributed by atoms with Gasteiger partial charge < -0.3 is 20.8 Å². The van der Waals surface area contributed by atoms with Crippen molar-refractivity contribution < 1.29 is 9.53 Å². The highest BCUT2D eigenvalue weighted by Crippen LogP contribution is 2.20. The smallest absolute Gasteiger partial charge is 0.253 e. The summed E-state index contributed by atoms with van der Waals surface area (Å²) in [6.07, 6.45) is 1.71. The third-order valence-corrected chi connectivity index (χ3v) is 3.01. The van der Waals surface area contributed by atoms with Gasteiger partial charge in [0.1, 0.15) is 0 Å². The van der Waals surface area contributed by atoms with Crippen LogP contribution in [0.2, 0.25) is 0 Å². The molecule has 1 aromatic carbocycles. The zero-order chi connectivity index (χ0) is 13.8. The second-order valence-electron chi connectivity index (χ2n) is 4.78. The average molecular weight is 261 g/mol. The Morgan fingerprint density at radius 1 is 1.53 bits per heavy atom. The molecule has 0 radical (unpaired) electrons. The maximum atomic E-state index is 12.1. The highest BCUT2D eigenvalue weighted by Gasteiger charge is 2.13. The Labute approximate surface area is 112 Å². The molecule has 19 heavy (non-hydrogen) atoms. The Morgan fingerprint density at radius 3 is 3.05 bits per heavy atom. The number of hydrogen-bond acceptors (Lipinski definition) is 3. The maximum absolute atomic E-state index is 12.1. The normalized spacial score (nSPS) is 12.5. The Balaban J connectivity index is 2.11. The van der Waals surface area contributed by atoms with Gasteiger partial charge in [-0.3, -0.25) is 4.79 Å². The topological polar surface area (TPSA) is 80.1 Å². The molecule has 0 aliphatic heterocycles. The summed E-state index contributed by atoms with van der Waals surface area (Å²) in [4.78, 5) is 15.2. The number of nitrogen functional groups attached to an aromatic ring is 1. The lowest BCUT2D eigenvalue weighted by Gasteiger charge is -2.11. The van der Waals surface area contributed by atoms with Gasteiger partial charge in [0.05, 0.1) is 12.2 Å². The van der Waals surface area contributed by atoms with Gasteiger partial charge in [-0.05, 0) is 24.1 Å². The van der Waals surface area contributed by atoms with Crippen molar-refractivity contribution in [2.24, 2.45) is 5.92 Å². The maximum Gasteiger partial charge on any atom is 0.253 e. The van der Waals surface area contributed by atoms with E-state index < -0.39 is 0 Å². The molecule has 5 heteroatoms. The molecule has 5 nitrogen and oxygen atoms in total. The minimum Gasteiger partial charge on any atom is -0.399 e. The molecule has 0 saturated carbocycles. The number of carbonyl (C=O) groups excluding carboxylic acids is 1. The zero-order valence-electron chi connectivity index (χ0n) is 11.2. The lowest BCUT2D eigenvalue weighted by atomic mass is 10.1. The average Bonchev–Trinajstić information content (AvgIpc) is 2.79. The Bertz CT molecular complexity index is 577. The lowest BCUT2D eigenvalue weighted by molar-refractivity contribution is 0.0936. The molecule has 1 unspecified atom stereocenters. The van der Waals surface area contributed by atoms with Gasteiger partial charge in [0.2, 0.25) is 0 Å². The van der Waals surface area contributed by atoms with E-state index >= 15 is 0 Å². The van der Waals surface area contributed by atoms with E-state index in [2.05, 4.69) is 10.3 Å². The van der Waals surface area contributed by atoms with Gasteiger partial charge in [-0.25, -0.2) is 0 Å². The van der Waals surface area contributed by atoms with Gasteiger partial charge in [0.25, 0.3) is 5.91 Å². The van der Waals surface area contributed by atoms with Crippen LogP contribution in [0.5, 0.6) is 0 Å². The van der Waals surface area contributed by atoms with Crippen LogP contribution >= 0.6 is 0 Å². The lowest BCUT2D eigenvalue weighted by Crippen LogP contribution is -2.29. The fourth-order valence-electron chi connectivity index (χ4n) is 2.03. The van der Waals surface area contributed by atoms with Crippen molar-refractivity contribution in [3.8, 4) is 0 Å². The van der Waals surface area contributed by atoms with Crippen LogP contribution < -0.4 is 11.1 Å². The van der Waals surface area contributed by atoms with E-state index in [1.807, 2.05) is 13.0 Å². The molecule has 2 rings (SSSR count). The van der Waals surface area contributed by atoms with Crippen molar-refractivity contribution >= 4 is 22.5 Å². The van der Waals surface area contributed by atoms with Crippen LogP contribution in [0, 0.1) is 5.92 Å². The molecule has 0 fully saturated rings. The van der Waals surface area contributed by atoms with Gasteiger partial charge in [-0.2, -0.15) is 0 Å². The van der Waals surface area contributed by atoms with Crippen molar-refractivity contribution in [1.29, 1.82) is 0 Å². The van der Waals surface area contributed by atoms with Gasteiger partial charge >= 0.3 is 0 Å². The number of hydrogen-bond donors (Lipinski definition) is 3. The first kappa shape index (κ1) is 13.4. The standard InChI is InChI=1S/C14H19N3O2/c1-9(8-19-2)6-17-14(18)12-7-16-13-4-3-10(15)5-11(12)13/h3-5,7,9,16H,6,8,15H2,1-2H3,(H,17,18). The summed E-state index contributed by atoms with van der Waals surface area (Å²) >= 11 is 0. The largest absolute Gasteiger partial charge is 0.399 e. The summed E-state index contributed by atoms with van der Waals surface area (Å²) in [6, 6.07) is 5.48. The van der Waals surface area contributed by atoms with E-state index in [0.29, 0.717) is 24.4 Å². The van der Waals surface area contributed by atoms with Crippen LogP contribution in [0.15, 0.2) is 24.4 Å². The number of nitrogens with two attached hydrogens (primary N) is 1. The molecule has 102 valence electrons. The second kappa shape index (κ2) is 5.75. The number of rotatable bonds is 5. The number of ether oxygens (including phenoxy) is 1. The van der Waals surface area contributed by atoms with Crippen molar-refractivity contribution in [2.75, 3.05) is 26.0 Å². The number of amides is 1. The van der Waals surface area contributed by atoms with Crippen molar-refractivity contribution in [3.63, 3.8) is 0 Å². The molecular formula is C14H19N3O2. The van der Waals surface area contributed by atoms with Gasteiger partial charge in [-0.1, -0.05) is 6.92 Å². The summed E-state index contributed by atoms with van der Waals surface area (Å²) in [7, 11) is 1.65. The molecule has 1 atom stereocenters. The molecule has 4 N–H and O–H groups in total. The fourth-order valence-corrected chi connectivity index (χ4v) is 2.03. The molecule has 0 aliphatic rings. The SMILES string of the molecule is COCC(C)CNC(=O)c1c[nH]c2ccc(N)cc12.